The molecule has 134 valence electrons. The van der Waals surface area contributed by atoms with Gasteiger partial charge in [-0.15, -0.1) is 0 Å². The number of nitriles is 1. The zero-order valence-corrected chi connectivity index (χ0v) is 14.1. The Balaban J connectivity index is 1.57. The number of morpholine rings is 1. The van der Waals surface area contributed by atoms with Gasteiger partial charge in [-0.1, -0.05) is 18.2 Å². The first-order valence-electron chi connectivity index (χ1n) is 8.31. The molecule has 2 aromatic carbocycles. The summed E-state index contributed by atoms with van der Waals surface area (Å²) in [6.07, 6.45) is -0.187. The van der Waals surface area contributed by atoms with Crippen LogP contribution in [-0.2, 0) is 11.3 Å². The van der Waals surface area contributed by atoms with Crippen LogP contribution in [0.15, 0.2) is 42.5 Å². The van der Waals surface area contributed by atoms with Gasteiger partial charge in [-0.3, -0.25) is 0 Å². The predicted molar refractivity (Wildman–Crippen MR) is 95.0 cm³/mol. The minimum absolute atomic E-state index is 0.0980. The van der Waals surface area contributed by atoms with E-state index in [1.165, 1.54) is 12.1 Å². The Morgan fingerprint density at radius 3 is 2.96 bits per heavy atom. The van der Waals surface area contributed by atoms with Gasteiger partial charge in [-0.2, -0.15) is 5.26 Å². The molecule has 0 radical (unpaired) electrons. The van der Waals surface area contributed by atoms with Gasteiger partial charge in [0.1, 0.15) is 5.82 Å². The molecule has 0 saturated carbocycles. The van der Waals surface area contributed by atoms with E-state index < -0.39 is 11.8 Å². The van der Waals surface area contributed by atoms with Crippen molar-refractivity contribution < 1.29 is 13.9 Å². The molecule has 0 spiro atoms. The largest absolute Gasteiger partial charge is 0.371 e. The molecule has 0 aromatic heterocycles. The fraction of sp³-hybridized carbons (Fsp3) is 0.263. The minimum atomic E-state index is -0.519. The van der Waals surface area contributed by atoms with Crippen molar-refractivity contribution in [2.45, 2.75) is 12.6 Å². The summed E-state index contributed by atoms with van der Waals surface area (Å²) in [5.74, 6) is -0.515. The topological polar surface area (TPSA) is 86.2 Å². The Bertz CT molecular complexity index is 829. The molecular weight excluding hydrogens is 335 g/mol. The quantitative estimate of drug-likeness (QED) is 0.788. The first-order valence-corrected chi connectivity index (χ1v) is 8.31. The van der Waals surface area contributed by atoms with E-state index in [0.29, 0.717) is 18.7 Å². The number of hydrogen-bond donors (Lipinski definition) is 3. The van der Waals surface area contributed by atoms with Crippen molar-refractivity contribution in [3.8, 4) is 6.07 Å². The van der Waals surface area contributed by atoms with Gasteiger partial charge in [-0.05, 0) is 35.4 Å². The number of anilines is 1. The third kappa shape index (κ3) is 4.57. The molecule has 3 N–H and O–H groups in total. The standard InChI is InChI=1S/C19H19FN4O2/c20-16-9-15(18-12-22-6-7-26-18)4-5-17(16)24-19(25)23-11-14-3-1-2-13(8-14)10-21/h1-5,8-9,18,22H,6-7,11-12H2,(H2,23,24,25). The summed E-state index contributed by atoms with van der Waals surface area (Å²) in [7, 11) is 0. The summed E-state index contributed by atoms with van der Waals surface area (Å²) in [6.45, 7) is 2.24. The summed E-state index contributed by atoms with van der Waals surface area (Å²) in [5, 5.41) is 17.2. The molecule has 3 rings (SSSR count). The van der Waals surface area contributed by atoms with E-state index in [0.717, 1.165) is 17.7 Å². The molecule has 26 heavy (non-hydrogen) atoms. The highest BCUT2D eigenvalue weighted by atomic mass is 19.1. The minimum Gasteiger partial charge on any atom is -0.371 e. The lowest BCUT2D eigenvalue weighted by Crippen LogP contribution is -2.33. The van der Waals surface area contributed by atoms with Gasteiger partial charge in [-0.25, -0.2) is 9.18 Å². The summed E-state index contributed by atoms with van der Waals surface area (Å²) >= 11 is 0. The van der Waals surface area contributed by atoms with Crippen LogP contribution in [0.25, 0.3) is 0 Å². The predicted octanol–water partition coefficient (Wildman–Crippen LogP) is 2.68. The van der Waals surface area contributed by atoms with Crippen LogP contribution >= 0.6 is 0 Å². The van der Waals surface area contributed by atoms with Crippen molar-refractivity contribution in [1.29, 1.82) is 5.26 Å². The smallest absolute Gasteiger partial charge is 0.319 e. The third-order valence-electron chi connectivity index (χ3n) is 4.05. The van der Waals surface area contributed by atoms with Crippen LogP contribution in [0.3, 0.4) is 0 Å². The van der Waals surface area contributed by atoms with Gasteiger partial charge in [0.05, 0.1) is 30.0 Å². The average Bonchev–Trinajstić information content (AvgIpc) is 2.69. The maximum absolute atomic E-state index is 14.3. The molecule has 0 bridgehead atoms. The summed E-state index contributed by atoms with van der Waals surface area (Å²) < 4.78 is 19.9. The molecule has 7 heteroatoms. The molecule has 2 aromatic rings. The van der Waals surface area contributed by atoms with E-state index in [9.17, 15) is 9.18 Å². The number of urea groups is 1. The van der Waals surface area contributed by atoms with E-state index in [1.54, 1.807) is 30.3 Å². The number of amides is 2. The lowest BCUT2D eigenvalue weighted by atomic mass is 10.1. The van der Waals surface area contributed by atoms with E-state index in [-0.39, 0.29) is 18.3 Å². The number of rotatable bonds is 4. The van der Waals surface area contributed by atoms with Crippen molar-refractivity contribution in [2.75, 3.05) is 25.0 Å². The van der Waals surface area contributed by atoms with Crippen LogP contribution in [0, 0.1) is 17.1 Å². The fourth-order valence-corrected chi connectivity index (χ4v) is 2.71. The van der Waals surface area contributed by atoms with Crippen LogP contribution < -0.4 is 16.0 Å². The van der Waals surface area contributed by atoms with E-state index in [2.05, 4.69) is 16.0 Å². The highest BCUT2D eigenvalue weighted by Crippen LogP contribution is 2.23. The Kier molecular flexibility index (Phi) is 5.79. The van der Waals surface area contributed by atoms with Crippen molar-refractivity contribution >= 4 is 11.7 Å². The Morgan fingerprint density at radius 1 is 1.35 bits per heavy atom. The molecule has 1 heterocycles. The first-order chi connectivity index (χ1) is 12.7. The van der Waals surface area contributed by atoms with Crippen molar-refractivity contribution in [1.82, 2.24) is 10.6 Å². The second-order valence-electron chi connectivity index (χ2n) is 5.92. The monoisotopic (exact) mass is 354 g/mol. The van der Waals surface area contributed by atoms with Gasteiger partial charge < -0.3 is 20.7 Å². The van der Waals surface area contributed by atoms with E-state index in [4.69, 9.17) is 10.00 Å². The molecule has 0 aliphatic carbocycles. The van der Waals surface area contributed by atoms with Crippen molar-refractivity contribution in [3.05, 3.63) is 65.0 Å². The Labute approximate surface area is 151 Å². The molecular formula is C19H19FN4O2. The molecule has 1 aliphatic rings. The number of ether oxygens (including phenoxy) is 1. The molecule has 1 saturated heterocycles. The summed E-state index contributed by atoms with van der Waals surface area (Å²) in [4.78, 5) is 12.0. The average molecular weight is 354 g/mol. The number of carbonyl (C=O) groups excluding carboxylic acids is 1. The first kappa shape index (κ1) is 17.9. The van der Waals surface area contributed by atoms with Gasteiger partial charge in [0, 0.05) is 19.6 Å². The number of carbonyl (C=O) groups is 1. The van der Waals surface area contributed by atoms with Gasteiger partial charge in [0.15, 0.2) is 0 Å². The zero-order valence-electron chi connectivity index (χ0n) is 14.1. The van der Waals surface area contributed by atoms with Crippen LogP contribution in [0.4, 0.5) is 14.9 Å². The molecule has 1 aliphatic heterocycles. The molecule has 6 nitrogen and oxygen atoms in total. The van der Waals surface area contributed by atoms with E-state index in [1.807, 2.05) is 6.07 Å². The SMILES string of the molecule is N#Cc1cccc(CNC(=O)Nc2ccc(C3CNCCO3)cc2F)c1. The molecule has 1 fully saturated rings. The summed E-state index contributed by atoms with van der Waals surface area (Å²) in [5.41, 5.74) is 2.14. The maximum atomic E-state index is 14.3. The molecule has 1 atom stereocenters. The lowest BCUT2D eigenvalue weighted by Gasteiger charge is -2.24. The second kappa shape index (κ2) is 8.43. The molecule has 2 amide bonds. The van der Waals surface area contributed by atoms with Crippen LogP contribution in [-0.4, -0.2) is 25.7 Å². The van der Waals surface area contributed by atoms with E-state index >= 15 is 0 Å². The summed E-state index contributed by atoms with van der Waals surface area (Å²) in [6, 6.07) is 13.1. The maximum Gasteiger partial charge on any atom is 0.319 e. The normalized spacial score (nSPS) is 16.5. The molecule has 1 unspecified atom stereocenters. The van der Waals surface area contributed by atoms with Crippen LogP contribution in [0.2, 0.25) is 0 Å². The number of nitrogens with zero attached hydrogens (tertiary/aromatic N) is 1. The Morgan fingerprint density at radius 2 is 2.23 bits per heavy atom. The lowest BCUT2D eigenvalue weighted by molar-refractivity contribution is 0.0275. The highest BCUT2D eigenvalue weighted by molar-refractivity contribution is 5.89. The number of benzene rings is 2. The number of hydrogen-bond acceptors (Lipinski definition) is 4. The zero-order chi connectivity index (χ0) is 18.4. The Hall–Kier alpha value is -2.95. The van der Waals surface area contributed by atoms with Crippen molar-refractivity contribution in [3.63, 3.8) is 0 Å². The van der Waals surface area contributed by atoms with Crippen LogP contribution in [0.5, 0.6) is 0 Å². The van der Waals surface area contributed by atoms with Gasteiger partial charge >= 0.3 is 6.03 Å². The van der Waals surface area contributed by atoms with Crippen molar-refractivity contribution in [2.24, 2.45) is 0 Å². The third-order valence-corrected chi connectivity index (χ3v) is 4.05. The van der Waals surface area contributed by atoms with Gasteiger partial charge in [0.25, 0.3) is 0 Å². The fourth-order valence-electron chi connectivity index (χ4n) is 2.71. The highest BCUT2D eigenvalue weighted by Gasteiger charge is 2.17. The number of halogens is 1. The number of nitrogens with one attached hydrogen (secondary N) is 3. The van der Waals surface area contributed by atoms with Gasteiger partial charge in [0.2, 0.25) is 0 Å². The van der Waals surface area contributed by atoms with Crippen LogP contribution in [0.1, 0.15) is 22.8 Å². The second-order valence-corrected chi connectivity index (χ2v) is 5.92.